The van der Waals surface area contributed by atoms with Gasteiger partial charge in [0.15, 0.2) is 0 Å². The Bertz CT molecular complexity index is 491. The molecule has 0 saturated carbocycles. The van der Waals surface area contributed by atoms with Gasteiger partial charge in [0.25, 0.3) is 5.95 Å². The molecule has 0 amide bonds. The molecule has 1 heterocycles. The standard InChI is InChI=1S/C9H6ClF2N3/c10-6-4-15(14-9(6)12)5-1-2-8(13)7(11)3-5/h1-4H,13H2. The van der Waals surface area contributed by atoms with Crippen LogP contribution in [0.2, 0.25) is 5.02 Å². The van der Waals surface area contributed by atoms with Crippen LogP contribution in [-0.2, 0) is 0 Å². The van der Waals surface area contributed by atoms with Crippen molar-refractivity contribution in [2.24, 2.45) is 0 Å². The highest BCUT2D eigenvalue weighted by Crippen LogP contribution is 2.18. The highest BCUT2D eigenvalue weighted by Gasteiger charge is 2.08. The van der Waals surface area contributed by atoms with Crippen LogP contribution in [0.3, 0.4) is 0 Å². The molecule has 2 rings (SSSR count). The van der Waals surface area contributed by atoms with E-state index in [1.54, 1.807) is 0 Å². The molecule has 0 atom stereocenters. The van der Waals surface area contributed by atoms with E-state index in [1.807, 2.05) is 0 Å². The third kappa shape index (κ3) is 1.78. The van der Waals surface area contributed by atoms with E-state index in [0.717, 1.165) is 10.7 Å². The number of rotatable bonds is 1. The van der Waals surface area contributed by atoms with Crippen LogP contribution in [0.1, 0.15) is 0 Å². The summed E-state index contributed by atoms with van der Waals surface area (Å²) >= 11 is 5.47. The molecule has 0 aliphatic heterocycles. The van der Waals surface area contributed by atoms with Crippen molar-refractivity contribution in [3.05, 3.63) is 41.2 Å². The molecule has 1 aromatic carbocycles. The van der Waals surface area contributed by atoms with Crippen molar-refractivity contribution in [2.75, 3.05) is 5.73 Å². The lowest BCUT2D eigenvalue weighted by molar-refractivity contribution is 0.565. The lowest BCUT2D eigenvalue weighted by atomic mass is 10.3. The summed E-state index contributed by atoms with van der Waals surface area (Å²) in [4.78, 5) is 0. The summed E-state index contributed by atoms with van der Waals surface area (Å²) < 4.78 is 27.0. The minimum atomic E-state index is -0.797. The van der Waals surface area contributed by atoms with Gasteiger partial charge in [-0.05, 0) is 12.1 Å². The summed E-state index contributed by atoms with van der Waals surface area (Å²) in [5.41, 5.74) is 5.68. The highest BCUT2D eigenvalue weighted by molar-refractivity contribution is 6.30. The van der Waals surface area contributed by atoms with E-state index >= 15 is 0 Å². The summed E-state index contributed by atoms with van der Waals surface area (Å²) in [5, 5.41) is 3.34. The van der Waals surface area contributed by atoms with Crippen molar-refractivity contribution >= 4 is 17.3 Å². The lowest BCUT2D eigenvalue weighted by Gasteiger charge is -2.02. The maximum Gasteiger partial charge on any atom is 0.251 e. The average Bonchev–Trinajstić information content (AvgIpc) is 2.52. The molecule has 0 aliphatic carbocycles. The quantitative estimate of drug-likeness (QED) is 0.763. The van der Waals surface area contributed by atoms with Gasteiger partial charge in [-0.15, -0.1) is 5.10 Å². The van der Waals surface area contributed by atoms with Crippen molar-refractivity contribution in [3.8, 4) is 5.69 Å². The molecule has 2 aromatic rings. The zero-order valence-electron chi connectivity index (χ0n) is 7.42. The van der Waals surface area contributed by atoms with Crippen LogP contribution >= 0.6 is 11.6 Å². The van der Waals surface area contributed by atoms with Gasteiger partial charge >= 0.3 is 0 Å². The fraction of sp³-hybridized carbons (Fsp3) is 0. The predicted molar refractivity (Wildman–Crippen MR) is 52.9 cm³/mol. The third-order valence-electron chi connectivity index (χ3n) is 1.88. The van der Waals surface area contributed by atoms with Crippen LogP contribution in [0, 0.1) is 11.8 Å². The molecular formula is C9H6ClF2N3. The zero-order valence-corrected chi connectivity index (χ0v) is 8.17. The number of aromatic nitrogens is 2. The first-order valence-corrected chi connectivity index (χ1v) is 4.42. The van der Waals surface area contributed by atoms with Gasteiger partial charge in [-0.3, -0.25) is 0 Å². The van der Waals surface area contributed by atoms with Gasteiger partial charge in [0.1, 0.15) is 10.8 Å². The van der Waals surface area contributed by atoms with Gasteiger partial charge in [-0.2, -0.15) is 4.39 Å². The first kappa shape index (κ1) is 9.92. The number of benzene rings is 1. The molecule has 0 aliphatic rings. The maximum atomic E-state index is 13.1. The molecule has 0 bridgehead atoms. The maximum absolute atomic E-state index is 13.1. The number of halogens is 3. The number of nitrogen functional groups attached to an aromatic ring is 1. The SMILES string of the molecule is Nc1ccc(-n2cc(Cl)c(F)n2)cc1F. The van der Waals surface area contributed by atoms with Crippen LogP contribution in [0.15, 0.2) is 24.4 Å². The minimum Gasteiger partial charge on any atom is -0.396 e. The predicted octanol–water partition coefficient (Wildman–Crippen LogP) is 2.39. The van der Waals surface area contributed by atoms with Crippen molar-refractivity contribution in [3.63, 3.8) is 0 Å². The topological polar surface area (TPSA) is 43.8 Å². The Morgan fingerprint density at radius 1 is 1.33 bits per heavy atom. The number of nitrogens with two attached hydrogens (primary N) is 1. The summed E-state index contributed by atoms with van der Waals surface area (Å²) in [6.45, 7) is 0. The van der Waals surface area contributed by atoms with Gasteiger partial charge in [-0.1, -0.05) is 11.6 Å². The number of hydrogen-bond donors (Lipinski definition) is 1. The van der Waals surface area contributed by atoms with Crippen LogP contribution in [0.5, 0.6) is 0 Å². The first-order chi connectivity index (χ1) is 7.08. The van der Waals surface area contributed by atoms with Crippen LogP contribution < -0.4 is 5.73 Å². The first-order valence-electron chi connectivity index (χ1n) is 4.04. The summed E-state index contributed by atoms with van der Waals surface area (Å²) in [6.07, 6.45) is 1.25. The van der Waals surface area contributed by atoms with Gasteiger partial charge in [-0.25, -0.2) is 9.07 Å². The van der Waals surface area contributed by atoms with Crippen LogP contribution in [0.4, 0.5) is 14.5 Å². The second-order valence-electron chi connectivity index (χ2n) is 2.92. The molecule has 78 valence electrons. The molecule has 15 heavy (non-hydrogen) atoms. The minimum absolute atomic E-state index is 0.0254. The second-order valence-corrected chi connectivity index (χ2v) is 3.33. The fourth-order valence-corrected chi connectivity index (χ4v) is 1.25. The Morgan fingerprint density at radius 2 is 2.07 bits per heavy atom. The van der Waals surface area contributed by atoms with Gasteiger partial charge < -0.3 is 5.73 Å². The lowest BCUT2D eigenvalue weighted by Crippen LogP contribution is -1.98. The summed E-state index contributed by atoms with van der Waals surface area (Å²) in [7, 11) is 0. The number of hydrogen-bond acceptors (Lipinski definition) is 2. The molecule has 2 N–H and O–H groups in total. The second kappa shape index (κ2) is 3.51. The molecule has 1 aromatic heterocycles. The highest BCUT2D eigenvalue weighted by atomic mass is 35.5. The Labute approximate surface area is 89.1 Å². The molecule has 0 radical (unpaired) electrons. The average molecular weight is 230 g/mol. The monoisotopic (exact) mass is 229 g/mol. The van der Waals surface area contributed by atoms with Gasteiger partial charge in [0.2, 0.25) is 0 Å². The Morgan fingerprint density at radius 3 is 2.60 bits per heavy atom. The van der Waals surface area contributed by atoms with E-state index in [2.05, 4.69) is 5.10 Å². The van der Waals surface area contributed by atoms with Crippen molar-refractivity contribution in [2.45, 2.75) is 0 Å². The third-order valence-corrected chi connectivity index (χ3v) is 2.13. The molecule has 3 nitrogen and oxygen atoms in total. The Hall–Kier alpha value is -1.62. The van der Waals surface area contributed by atoms with Crippen molar-refractivity contribution in [1.29, 1.82) is 0 Å². The number of anilines is 1. The normalized spacial score (nSPS) is 10.6. The van der Waals surface area contributed by atoms with E-state index in [9.17, 15) is 8.78 Å². The molecule has 6 heteroatoms. The fourth-order valence-electron chi connectivity index (χ4n) is 1.12. The zero-order chi connectivity index (χ0) is 11.0. The Kier molecular flexibility index (Phi) is 2.32. The van der Waals surface area contributed by atoms with Crippen molar-refractivity contribution < 1.29 is 8.78 Å². The summed E-state index contributed by atoms with van der Waals surface area (Å²) in [5.74, 6) is -1.38. The van der Waals surface area contributed by atoms with Crippen LogP contribution in [-0.4, -0.2) is 9.78 Å². The largest absolute Gasteiger partial charge is 0.396 e. The van der Waals surface area contributed by atoms with E-state index in [0.29, 0.717) is 5.69 Å². The van der Waals surface area contributed by atoms with E-state index in [1.165, 1.54) is 18.3 Å². The van der Waals surface area contributed by atoms with Crippen LogP contribution in [0.25, 0.3) is 5.69 Å². The van der Waals surface area contributed by atoms with E-state index in [-0.39, 0.29) is 10.7 Å². The van der Waals surface area contributed by atoms with Gasteiger partial charge in [0, 0.05) is 6.07 Å². The number of nitrogens with zero attached hydrogens (tertiary/aromatic N) is 2. The molecule has 0 unspecified atom stereocenters. The Balaban J connectivity index is 2.49. The molecule has 0 saturated heterocycles. The molecule has 0 fully saturated rings. The van der Waals surface area contributed by atoms with E-state index < -0.39 is 11.8 Å². The molecule has 0 spiro atoms. The van der Waals surface area contributed by atoms with Crippen molar-refractivity contribution in [1.82, 2.24) is 9.78 Å². The van der Waals surface area contributed by atoms with Gasteiger partial charge in [0.05, 0.1) is 17.6 Å². The smallest absolute Gasteiger partial charge is 0.251 e. The van der Waals surface area contributed by atoms with E-state index in [4.69, 9.17) is 17.3 Å². The summed E-state index contributed by atoms with van der Waals surface area (Å²) in [6, 6.07) is 4.04. The molecular weight excluding hydrogens is 224 g/mol.